The molecule has 8 nitrogen and oxygen atoms in total. The van der Waals surface area contributed by atoms with E-state index < -0.39 is 14.9 Å². The minimum atomic E-state index is -3.79. The molecule has 0 saturated heterocycles. The van der Waals surface area contributed by atoms with E-state index in [9.17, 15) is 18.5 Å². The van der Waals surface area contributed by atoms with E-state index in [1.54, 1.807) is 0 Å². The van der Waals surface area contributed by atoms with Crippen LogP contribution < -0.4 is 16.0 Å². The van der Waals surface area contributed by atoms with E-state index in [4.69, 9.17) is 5.84 Å². The van der Waals surface area contributed by atoms with E-state index >= 15 is 0 Å². The number of sulfonamides is 1. The molecule has 4 N–H and O–H groups in total. The van der Waals surface area contributed by atoms with Gasteiger partial charge in [0.2, 0.25) is 10.0 Å². The van der Waals surface area contributed by atoms with Crippen LogP contribution in [-0.2, 0) is 10.0 Å². The van der Waals surface area contributed by atoms with E-state index in [2.05, 4.69) is 10.1 Å². The molecule has 1 aromatic rings. The molecule has 1 rings (SSSR count). The van der Waals surface area contributed by atoms with Crippen molar-refractivity contribution < 1.29 is 13.3 Å². The van der Waals surface area contributed by atoms with Gasteiger partial charge in [0.1, 0.15) is 5.69 Å². The molecule has 112 valence electrons. The molecule has 20 heavy (non-hydrogen) atoms. The zero-order valence-corrected chi connectivity index (χ0v) is 12.1. The maximum absolute atomic E-state index is 12.1. The zero-order valence-electron chi connectivity index (χ0n) is 11.3. The van der Waals surface area contributed by atoms with Gasteiger partial charge in [-0.25, -0.2) is 13.1 Å². The highest BCUT2D eigenvalue weighted by atomic mass is 32.2. The largest absolute Gasteiger partial charge is 0.318 e. The van der Waals surface area contributed by atoms with E-state index in [0.29, 0.717) is 12.8 Å². The number of nitrogens with two attached hydrogens (primary N) is 1. The Morgan fingerprint density at radius 1 is 1.35 bits per heavy atom. The van der Waals surface area contributed by atoms with Gasteiger partial charge in [-0.2, -0.15) is 0 Å². The van der Waals surface area contributed by atoms with Crippen LogP contribution in [0.2, 0.25) is 0 Å². The molecule has 0 aliphatic rings. The van der Waals surface area contributed by atoms with Gasteiger partial charge in [-0.1, -0.05) is 13.8 Å². The number of nitro groups is 1. The maximum Gasteiger partial charge on any atom is 0.294 e. The van der Waals surface area contributed by atoms with E-state index in [0.717, 1.165) is 6.07 Å². The number of rotatable bonds is 7. The molecule has 0 saturated carbocycles. The number of hydrogen-bond donors (Lipinski definition) is 3. The summed E-state index contributed by atoms with van der Waals surface area (Å²) in [6.07, 6.45) is 1.28. The van der Waals surface area contributed by atoms with Crippen molar-refractivity contribution in [3.63, 3.8) is 0 Å². The lowest BCUT2D eigenvalue weighted by Gasteiger charge is -2.15. The monoisotopic (exact) mass is 302 g/mol. The third-order valence-electron chi connectivity index (χ3n) is 2.94. The molecule has 0 aromatic heterocycles. The van der Waals surface area contributed by atoms with Crippen molar-refractivity contribution in [2.45, 2.75) is 37.6 Å². The highest BCUT2D eigenvalue weighted by Crippen LogP contribution is 2.26. The van der Waals surface area contributed by atoms with Crippen LogP contribution in [0.3, 0.4) is 0 Å². The van der Waals surface area contributed by atoms with Crippen LogP contribution in [-0.4, -0.2) is 19.4 Å². The molecule has 0 atom stereocenters. The van der Waals surface area contributed by atoms with Crippen LogP contribution in [0.25, 0.3) is 0 Å². The van der Waals surface area contributed by atoms with Gasteiger partial charge in [-0.05, 0) is 25.0 Å². The second-order valence-electron chi connectivity index (χ2n) is 4.22. The quantitative estimate of drug-likeness (QED) is 0.396. The highest BCUT2D eigenvalue weighted by molar-refractivity contribution is 7.89. The minimum Gasteiger partial charge on any atom is -0.318 e. The Labute approximate surface area is 117 Å². The number of nitrogens with one attached hydrogen (secondary N) is 2. The topological polar surface area (TPSA) is 127 Å². The molecular formula is C11H18N4O4S. The number of nitrogen functional groups attached to an aromatic ring is 1. The maximum atomic E-state index is 12.1. The Bertz CT molecular complexity index is 584. The van der Waals surface area contributed by atoms with Crippen LogP contribution in [0.1, 0.15) is 26.7 Å². The summed E-state index contributed by atoms with van der Waals surface area (Å²) in [6, 6.07) is 3.32. The fourth-order valence-corrected chi connectivity index (χ4v) is 3.12. The first-order valence-electron chi connectivity index (χ1n) is 6.13. The Morgan fingerprint density at radius 2 is 1.95 bits per heavy atom. The minimum absolute atomic E-state index is 0.0523. The first-order chi connectivity index (χ1) is 9.35. The Kier molecular flexibility index (Phi) is 5.43. The van der Waals surface area contributed by atoms with Crippen molar-refractivity contribution in [1.82, 2.24) is 4.72 Å². The van der Waals surface area contributed by atoms with Crippen molar-refractivity contribution in [3.05, 3.63) is 28.3 Å². The van der Waals surface area contributed by atoms with Gasteiger partial charge in [0.05, 0.1) is 9.82 Å². The lowest BCUT2D eigenvalue weighted by molar-refractivity contribution is -0.384. The summed E-state index contributed by atoms with van der Waals surface area (Å²) in [7, 11) is -3.79. The summed E-state index contributed by atoms with van der Waals surface area (Å²) in [5.41, 5.74) is 1.83. The molecule has 0 aliphatic heterocycles. The fourth-order valence-electron chi connectivity index (χ4n) is 1.69. The molecule has 0 spiro atoms. The van der Waals surface area contributed by atoms with Crippen molar-refractivity contribution in [3.8, 4) is 0 Å². The predicted octanol–water partition coefficient (Wildman–Crippen LogP) is 1.35. The number of nitrogens with zero attached hydrogens (tertiary/aromatic N) is 1. The first-order valence-corrected chi connectivity index (χ1v) is 7.61. The van der Waals surface area contributed by atoms with Crippen molar-refractivity contribution in [2.75, 3.05) is 5.43 Å². The molecule has 0 fully saturated rings. The molecule has 0 bridgehead atoms. The summed E-state index contributed by atoms with van der Waals surface area (Å²) in [5, 5.41) is 10.9. The molecule has 0 radical (unpaired) electrons. The average Bonchev–Trinajstić information content (AvgIpc) is 2.43. The Balaban J connectivity index is 3.19. The summed E-state index contributed by atoms with van der Waals surface area (Å²) in [4.78, 5) is 10.0. The number of nitro benzene ring substituents is 1. The first kappa shape index (κ1) is 16.3. The van der Waals surface area contributed by atoms with Gasteiger partial charge in [0, 0.05) is 12.1 Å². The Morgan fingerprint density at radius 3 is 2.40 bits per heavy atom. The lowest BCUT2D eigenvalue weighted by Crippen LogP contribution is -2.33. The number of hydrogen-bond acceptors (Lipinski definition) is 6. The van der Waals surface area contributed by atoms with Gasteiger partial charge in [-0.3, -0.25) is 16.0 Å². The SMILES string of the molecule is CCC(CC)NS(=O)(=O)c1ccc(NN)c([N+](=O)[O-])c1. The van der Waals surface area contributed by atoms with Crippen LogP contribution in [0.15, 0.2) is 23.1 Å². The van der Waals surface area contributed by atoms with E-state index in [1.807, 2.05) is 13.8 Å². The summed E-state index contributed by atoms with van der Waals surface area (Å²) in [6.45, 7) is 3.72. The summed E-state index contributed by atoms with van der Waals surface area (Å²) < 4.78 is 26.8. The molecule has 0 amide bonds. The average molecular weight is 302 g/mol. The van der Waals surface area contributed by atoms with Gasteiger partial charge in [0.25, 0.3) is 5.69 Å². The third-order valence-corrected chi connectivity index (χ3v) is 4.46. The Hall–Kier alpha value is -1.71. The van der Waals surface area contributed by atoms with Gasteiger partial charge in [-0.15, -0.1) is 0 Å². The molecular weight excluding hydrogens is 284 g/mol. The van der Waals surface area contributed by atoms with Crippen LogP contribution in [0.5, 0.6) is 0 Å². The molecule has 1 aromatic carbocycles. The molecule has 0 aliphatic carbocycles. The van der Waals surface area contributed by atoms with Crippen LogP contribution in [0.4, 0.5) is 11.4 Å². The number of anilines is 1. The van der Waals surface area contributed by atoms with Crippen LogP contribution >= 0.6 is 0 Å². The third kappa shape index (κ3) is 3.65. The molecule has 0 unspecified atom stereocenters. The van der Waals surface area contributed by atoms with Gasteiger partial charge in [0.15, 0.2) is 0 Å². The summed E-state index contributed by atoms with van der Waals surface area (Å²) in [5.74, 6) is 5.15. The summed E-state index contributed by atoms with van der Waals surface area (Å²) >= 11 is 0. The van der Waals surface area contributed by atoms with Crippen molar-refractivity contribution >= 4 is 21.4 Å². The van der Waals surface area contributed by atoms with Crippen LogP contribution in [0, 0.1) is 10.1 Å². The number of hydrazine groups is 1. The van der Waals surface area contributed by atoms with E-state index in [1.165, 1.54) is 12.1 Å². The van der Waals surface area contributed by atoms with Gasteiger partial charge < -0.3 is 5.43 Å². The number of benzene rings is 1. The normalized spacial score (nSPS) is 11.6. The molecule has 0 heterocycles. The van der Waals surface area contributed by atoms with Gasteiger partial charge >= 0.3 is 0 Å². The van der Waals surface area contributed by atoms with Crippen molar-refractivity contribution in [1.29, 1.82) is 0 Å². The molecule has 9 heteroatoms. The van der Waals surface area contributed by atoms with Crippen molar-refractivity contribution in [2.24, 2.45) is 5.84 Å². The second kappa shape index (κ2) is 6.64. The highest BCUT2D eigenvalue weighted by Gasteiger charge is 2.22. The zero-order chi connectivity index (χ0) is 15.3. The lowest BCUT2D eigenvalue weighted by atomic mass is 10.2. The standard InChI is InChI=1S/C11H18N4O4S/c1-3-8(4-2)14-20(18,19)9-5-6-10(13-12)11(7-9)15(16)17/h5-8,13-14H,3-4,12H2,1-2H3. The predicted molar refractivity (Wildman–Crippen MR) is 75.6 cm³/mol. The second-order valence-corrected chi connectivity index (χ2v) is 5.93. The fraction of sp³-hybridized carbons (Fsp3) is 0.455. The smallest absolute Gasteiger partial charge is 0.294 e. The van der Waals surface area contributed by atoms with E-state index in [-0.39, 0.29) is 22.3 Å².